The first-order valence-electron chi connectivity index (χ1n) is 8.38. The van der Waals surface area contributed by atoms with E-state index in [0.29, 0.717) is 5.69 Å². The van der Waals surface area contributed by atoms with Crippen LogP contribution in [0, 0.1) is 13.8 Å². The monoisotopic (exact) mass is 386 g/mol. The van der Waals surface area contributed by atoms with Crippen LogP contribution in [-0.2, 0) is 6.18 Å². The Balaban J connectivity index is 1.72. The molecule has 1 aromatic heterocycles. The number of hydrogen-bond donors (Lipinski definition) is 2. The number of carbonyl (C=O) groups is 1. The number of rotatable bonds is 4. The predicted molar refractivity (Wildman–Crippen MR) is 101 cm³/mol. The number of halogens is 3. The topological polar surface area (TPSA) is 66.9 Å². The van der Waals surface area contributed by atoms with Crippen LogP contribution in [-0.4, -0.2) is 15.9 Å². The minimum Gasteiger partial charge on any atom is -0.339 e. The van der Waals surface area contributed by atoms with Crippen molar-refractivity contribution in [3.8, 4) is 0 Å². The zero-order valence-electron chi connectivity index (χ0n) is 15.1. The Labute approximate surface area is 159 Å². The summed E-state index contributed by atoms with van der Waals surface area (Å²) in [4.78, 5) is 20.5. The number of amides is 1. The van der Waals surface area contributed by atoms with E-state index in [1.54, 1.807) is 0 Å². The van der Waals surface area contributed by atoms with Crippen LogP contribution >= 0.6 is 0 Å². The predicted octanol–water partition coefficient (Wildman–Crippen LogP) is 5.11. The van der Waals surface area contributed by atoms with Gasteiger partial charge in [0.2, 0.25) is 0 Å². The number of benzene rings is 2. The maximum Gasteiger partial charge on any atom is 0.416 e. The molecule has 1 heterocycles. The van der Waals surface area contributed by atoms with E-state index in [2.05, 4.69) is 20.6 Å². The third-order valence-corrected chi connectivity index (χ3v) is 4.07. The third kappa shape index (κ3) is 4.46. The molecular formula is C20H17F3N4O. The van der Waals surface area contributed by atoms with E-state index >= 15 is 0 Å². The lowest BCUT2D eigenvalue weighted by Gasteiger charge is -2.12. The van der Waals surface area contributed by atoms with E-state index < -0.39 is 17.6 Å². The lowest BCUT2D eigenvalue weighted by molar-refractivity contribution is -0.137. The minimum atomic E-state index is -4.43. The quantitative estimate of drug-likeness (QED) is 0.654. The summed E-state index contributed by atoms with van der Waals surface area (Å²) >= 11 is 0. The number of aryl methyl sites for hydroxylation is 2. The molecule has 2 N–H and O–H groups in total. The molecule has 2 aromatic carbocycles. The van der Waals surface area contributed by atoms with E-state index in [1.165, 1.54) is 24.5 Å². The molecule has 0 fully saturated rings. The zero-order valence-corrected chi connectivity index (χ0v) is 15.1. The maximum atomic E-state index is 12.8. The standard InChI is InChI=1S/C20H17F3N4O/c1-12-5-3-6-13(2)18(12)27-19(28)16-10-25-17(11-24-16)26-15-8-4-7-14(9-15)20(21,22)23/h3-11H,1-2H3,(H,25,26)(H,27,28). The highest BCUT2D eigenvalue weighted by Crippen LogP contribution is 2.31. The van der Waals surface area contributed by atoms with Gasteiger partial charge in [0.15, 0.2) is 0 Å². The Morgan fingerprint density at radius 3 is 2.25 bits per heavy atom. The number of para-hydroxylation sites is 1. The van der Waals surface area contributed by atoms with Crippen molar-refractivity contribution in [2.75, 3.05) is 10.6 Å². The number of nitrogens with zero attached hydrogens (tertiary/aromatic N) is 2. The third-order valence-electron chi connectivity index (χ3n) is 4.07. The van der Waals surface area contributed by atoms with Crippen LogP contribution in [0.15, 0.2) is 54.9 Å². The van der Waals surface area contributed by atoms with Gasteiger partial charge in [0.1, 0.15) is 11.5 Å². The summed E-state index contributed by atoms with van der Waals surface area (Å²) < 4.78 is 38.4. The average molecular weight is 386 g/mol. The Hall–Kier alpha value is -3.42. The molecule has 3 rings (SSSR count). The molecule has 0 aliphatic heterocycles. The SMILES string of the molecule is Cc1cccc(C)c1NC(=O)c1cnc(Nc2cccc(C(F)(F)F)c2)cn1. The highest BCUT2D eigenvalue weighted by molar-refractivity contribution is 6.03. The van der Waals surface area contributed by atoms with Gasteiger partial charge < -0.3 is 10.6 Å². The van der Waals surface area contributed by atoms with Crippen LogP contribution in [0.1, 0.15) is 27.2 Å². The molecule has 0 atom stereocenters. The molecule has 144 valence electrons. The van der Waals surface area contributed by atoms with Crippen molar-refractivity contribution in [2.45, 2.75) is 20.0 Å². The van der Waals surface area contributed by atoms with Crippen LogP contribution in [0.2, 0.25) is 0 Å². The number of alkyl halides is 3. The molecule has 28 heavy (non-hydrogen) atoms. The summed E-state index contributed by atoms with van der Waals surface area (Å²) in [5.74, 6) is -0.196. The van der Waals surface area contributed by atoms with Gasteiger partial charge in [0, 0.05) is 11.4 Å². The molecule has 0 spiro atoms. The Morgan fingerprint density at radius 1 is 0.964 bits per heavy atom. The van der Waals surface area contributed by atoms with Gasteiger partial charge in [0.25, 0.3) is 5.91 Å². The van der Waals surface area contributed by atoms with Crippen LogP contribution in [0.3, 0.4) is 0 Å². The van der Waals surface area contributed by atoms with Crippen molar-refractivity contribution < 1.29 is 18.0 Å². The summed E-state index contributed by atoms with van der Waals surface area (Å²) in [6, 6.07) is 10.4. The molecule has 0 aliphatic carbocycles. The molecule has 1 amide bonds. The molecule has 0 radical (unpaired) electrons. The molecule has 3 aromatic rings. The average Bonchev–Trinajstić information content (AvgIpc) is 2.65. The van der Waals surface area contributed by atoms with Crippen molar-refractivity contribution in [1.82, 2.24) is 9.97 Å². The number of aromatic nitrogens is 2. The van der Waals surface area contributed by atoms with Gasteiger partial charge in [-0.1, -0.05) is 24.3 Å². The molecule has 0 bridgehead atoms. The van der Waals surface area contributed by atoms with Crippen molar-refractivity contribution in [3.05, 3.63) is 77.2 Å². The van der Waals surface area contributed by atoms with E-state index in [1.807, 2.05) is 32.0 Å². The first kappa shape index (κ1) is 19.3. The summed E-state index contributed by atoms with van der Waals surface area (Å²) in [7, 11) is 0. The molecule has 0 saturated heterocycles. The highest BCUT2D eigenvalue weighted by atomic mass is 19.4. The molecule has 0 saturated carbocycles. The van der Waals surface area contributed by atoms with Gasteiger partial charge in [0.05, 0.1) is 18.0 Å². The molecule has 8 heteroatoms. The smallest absolute Gasteiger partial charge is 0.339 e. The second-order valence-corrected chi connectivity index (χ2v) is 6.21. The second kappa shape index (κ2) is 7.67. The summed E-state index contributed by atoms with van der Waals surface area (Å²) in [5.41, 5.74) is 2.10. The van der Waals surface area contributed by atoms with E-state index in [4.69, 9.17) is 0 Å². The van der Waals surface area contributed by atoms with Gasteiger partial charge in [-0.3, -0.25) is 4.79 Å². The molecule has 5 nitrogen and oxygen atoms in total. The van der Waals surface area contributed by atoms with E-state index in [9.17, 15) is 18.0 Å². The lowest BCUT2D eigenvalue weighted by Crippen LogP contribution is -2.15. The van der Waals surface area contributed by atoms with E-state index in [-0.39, 0.29) is 17.2 Å². The first-order valence-corrected chi connectivity index (χ1v) is 8.38. The number of carbonyl (C=O) groups excluding carboxylic acids is 1. The first-order chi connectivity index (χ1) is 13.2. The normalized spacial score (nSPS) is 11.2. The van der Waals surface area contributed by atoms with Crippen molar-refractivity contribution in [1.29, 1.82) is 0 Å². The van der Waals surface area contributed by atoms with Gasteiger partial charge in [-0.05, 0) is 43.2 Å². The Kier molecular flexibility index (Phi) is 5.30. The zero-order chi connectivity index (χ0) is 20.3. The van der Waals surface area contributed by atoms with Crippen molar-refractivity contribution >= 4 is 23.1 Å². The molecule has 0 unspecified atom stereocenters. The fourth-order valence-electron chi connectivity index (χ4n) is 2.62. The van der Waals surface area contributed by atoms with Crippen LogP contribution in [0.5, 0.6) is 0 Å². The summed E-state index contributed by atoms with van der Waals surface area (Å²) in [6.07, 6.45) is -1.88. The highest BCUT2D eigenvalue weighted by Gasteiger charge is 2.30. The fraction of sp³-hybridized carbons (Fsp3) is 0.150. The fourth-order valence-corrected chi connectivity index (χ4v) is 2.62. The largest absolute Gasteiger partial charge is 0.416 e. The molecule has 0 aliphatic rings. The Bertz CT molecular complexity index is 981. The maximum absolute atomic E-state index is 12.8. The van der Waals surface area contributed by atoms with Crippen molar-refractivity contribution in [2.24, 2.45) is 0 Å². The number of nitrogens with one attached hydrogen (secondary N) is 2. The van der Waals surface area contributed by atoms with Gasteiger partial charge in [-0.15, -0.1) is 0 Å². The number of anilines is 3. The second-order valence-electron chi connectivity index (χ2n) is 6.21. The molecular weight excluding hydrogens is 369 g/mol. The minimum absolute atomic E-state index is 0.0947. The van der Waals surface area contributed by atoms with Crippen LogP contribution in [0.25, 0.3) is 0 Å². The van der Waals surface area contributed by atoms with Crippen LogP contribution in [0.4, 0.5) is 30.4 Å². The van der Waals surface area contributed by atoms with Crippen LogP contribution < -0.4 is 10.6 Å². The summed E-state index contributed by atoms with van der Waals surface area (Å²) in [6.45, 7) is 3.77. The summed E-state index contributed by atoms with van der Waals surface area (Å²) in [5, 5.41) is 5.55. The number of hydrogen-bond acceptors (Lipinski definition) is 4. The van der Waals surface area contributed by atoms with Gasteiger partial charge in [-0.25, -0.2) is 9.97 Å². The van der Waals surface area contributed by atoms with E-state index in [0.717, 1.165) is 23.3 Å². The van der Waals surface area contributed by atoms with Crippen molar-refractivity contribution in [3.63, 3.8) is 0 Å². The Morgan fingerprint density at radius 2 is 1.64 bits per heavy atom. The van der Waals surface area contributed by atoms with Gasteiger partial charge >= 0.3 is 6.18 Å². The lowest BCUT2D eigenvalue weighted by atomic mass is 10.1. The van der Waals surface area contributed by atoms with Gasteiger partial charge in [-0.2, -0.15) is 13.2 Å².